The summed E-state index contributed by atoms with van der Waals surface area (Å²) in [4.78, 5) is 12.3. The second-order valence-electron chi connectivity index (χ2n) is 6.82. The molecule has 2 aromatic heterocycles. The van der Waals surface area contributed by atoms with Gasteiger partial charge in [-0.2, -0.15) is 0 Å². The maximum atomic E-state index is 13.3. The fraction of sp³-hybridized carbons (Fsp3) is 0.130. The minimum atomic E-state index is -0.341. The number of fused-ring (bicyclic) bond motifs is 1. The summed E-state index contributed by atoms with van der Waals surface area (Å²) < 4.78 is 29.5. The van der Waals surface area contributed by atoms with Crippen molar-refractivity contribution in [2.24, 2.45) is 0 Å². The lowest BCUT2D eigenvalue weighted by molar-refractivity contribution is -0.111. The van der Waals surface area contributed by atoms with E-state index >= 15 is 0 Å². The van der Waals surface area contributed by atoms with E-state index in [4.69, 9.17) is 13.7 Å². The molecule has 0 spiro atoms. The number of methoxy groups -OCH3 is 1. The highest BCUT2D eigenvalue weighted by molar-refractivity contribution is 6.05. The van der Waals surface area contributed by atoms with Gasteiger partial charge in [-0.25, -0.2) is 4.39 Å². The molecule has 152 valence electrons. The number of allylic oxidation sites excluding steroid dienone is 1. The maximum absolute atomic E-state index is 13.3. The van der Waals surface area contributed by atoms with Crippen LogP contribution in [0.2, 0.25) is 0 Å². The number of amides is 1. The molecule has 0 saturated carbocycles. The Morgan fingerprint density at radius 2 is 2.00 bits per heavy atom. The van der Waals surface area contributed by atoms with Crippen molar-refractivity contribution >= 4 is 28.3 Å². The normalized spacial score (nSPS) is 11.7. The monoisotopic (exact) mass is 406 g/mol. The summed E-state index contributed by atoms with van der Waals surface area (Å²) >= 11 is 0. The molecule has 4 aromatic rings. The number of hydrogen-bond donors (Lipinski definition) is 1. The van der Waals surface area contributed by atoms with Gasteiger partial charge < -0.3 is 19.0 Å². The van der Waals surface area contributed by atoms with Gasteiger partial charge in [-0.3, -0.25) is 4.79 Å². The van der Waals surface area contributed by atoms with Gasteiger partial charge in [-0.05, 0) is 43.2 Å². The van der Waals surface area contributed by atoms with Gasteiger partial charge in [-0.15, -0.1) is 0 Å². The molecule has 0 aliphatic heterocycles. The van der Waals surface area contributed by atoms with Crippen LogP contribution in [0.15, 0.2) is 63.9 Å². The van der Waals surface area contributed by atoms with Crippen LogP contribution in [0.1, 0.15) is 18.1 Å². The number of aromatic nitrogens is 1. The van der Waals surface area contributed by atoms with Crippen LogP contribution in [-0.4, -0.2) is 18.2 Å². The van der Waals surface area contributed by atoms with Crippen LogP contribution in [0.25, 0.3) is 27.7 Å². The van der Waals surface area contributed by atoms with Gasteiger partial charge in [-0.1, -0.05) is 17.3 Å². The van der Waals surface area contributed by atoms with Crippen LogP contribution in [0.5, 0.6) is 5.75 Å². The number of hydrogen-bond acceptors (Lipinski definition) is 5. The van der Waals surface area contributed by atoms with E-state index in [-0.39, 0.29) is 11.7 Å². The molecule has 0 unspecified atom stereocenters. The first-order valence-corrected chi connectivity index (χ1v) is 9.22. The predicted molar refractivity (Wildman–Crippen MR) is 112 cm³/mol. The molecule has 0 bridgehead atoms. The third-order valence-electron chi connectivity index (χ3n) is 4.86. The number of anilines is 1. The molecular weight excluding hydrogens is 387 g/mol. The van der Waals surface area contributed by atoms with E-state index in [9.17, 15) is 9.18 Å². The van der Waals surface area contributed by atoms with Gasteiger partial charge in [0.05, 0.1) is 13.4 Å². The Labute approximate surface area is 171 Å². The SMILES string of the molecule is COc1c(/C(C)=C/C(=O)Nc2ccon2)cc2c(-c3ccc(F)cc3)coc2c1C. The van der Waals surface area contributed by atoms with Crippen LogP contribution < -0.4 is 10.1 Å². The van der Waals surface area contributed by atoms with Crippen molar-refractivity contribution in [1.82, 2.24) is 5.16 Å². The van der Waals surface area contributed by atoms with Crippen LogP contribution >= 0.6 is 0 Å². The number of nitrogens with one attached hydrogen (secondary N) is 1. The quantitative estimate of drug-likeness (QED) is 0.438. The average Bonchev–Trinajstić information content (AvgIpc) is 3.38. The lowest BCUT2D eigenvalue weighted by atomic mass is 9.96. The number of nitrogens with zero attached hydrogens (tertiary/aromatic N) is 1. The molecule has 6 nitrogen and oxygen atoms in total. The van der Waals surface area contributed by atoms with Crippen LogP contribution in [0.3, 0.4) is 0 Å². The van der Waals surface area contributed by atoms with Gasteiger partial charge in [0.2, 0.25) is 5.91 Å². The van der Waals surface area contributed by atoms with Crippen LogP contribution in [0, 0.1) is 12.7 Å². The molecule has 0 aliphatic carbocycles. The first-order valence-electron chi connectivity index (χ1n) is 9.22. The number of furan rings is 1. The Hall–Kier alpha value is -3.87. The summed E-state index contributed by atoms with van der Waals surface area (Å²) in [6.07, 6.45) is 4.49. The van der Waals surface area contributed by atoms with Gasteiger partial charge in [0.15, 0.2) is 5.82 Å². The van der Waals surface area contributed by atoms with E-state index < -0.39 is 0 Å². The second-order valence-corrected chi connectivity index (χ2v) is 6.82. The van der Waals surface area contributed by atoms with Crippen molar-refractivity contribution < 1.29 is 22.9 Å². The molecule has 2 heterocycles. The lowest BCUT2D eigenvalue weighted by Crippen LogP contribution is -2.09. The maximum Gasteiger partial charge on any atom is 0.249 e. The molecule has 30 heavy (non-hydrogen) atoms. The van der Waals surface area contributed by atoms with Crippen molar-refractivity contribution in [1.29, 1.82) is 0 Å². The summed E-state index contributed by atoms with van der Waals surface area (Å²) in [7, 11) is 1.57. The minimum Gasteiger partial charge on any atom is -0.496 e. The molecule has 0 aliphatic rings. The Kier molecular flexibility index (Phi) is 5.10. The van der Waals surface area contributed by atoms with E-state index in [2.05, 4.69) is 10.5 Å². The number of benzene rings is 2. The smallest absolute Gasteiger partial charge is 0.249 e. The van der Waals surface area contributed by atoms with E-state index in [1.807, 2.05) is 19.9 Å². The summed E-state index contributed by atoms with van der Waals surface area (Å²) in [6, 6.07) is 9.69. The van der Waals surface area contributed by atoms with Gasteiger partial charge in [0.1, 0.15) is 23.4 Å². The third kappa shape index (κ3) is 3.57. The summed E-state index contributed by atoms with van der Waals surface area (Å²) in [5.41, 5.74) is 4.59. The van der Waals surface area contributed by atoms with E-state index in [1.165, 1.54) is 24.5 Å². The lowest BCUT2D eigenvalue weighted by Gasteiger charge is -2.13. The molecule has 0 radical (unpaired) electrons. The van der Waals surface area contributed by atoms with Crippen molar-refractivity contribution in [3.05, 3.63) is 71.9 Å². The topological polar surface area (TPSA) is 77.5 Å². The molecule has 0 atom stereocenters. The van der Waals surface area contributed by atoms with E-state index in [0.29, 0.717) is 22.7 Å². The Balaban J connectivity index is 1.80. The fourth-order valence-corrected chi connectivity index (χ4v) is 3.44. The number of carbonyl (C=O) groups is 1. The van der Waals surface area contributed by atoms with Gasteiger partial charge >= 0.3 is 0 Å². The van der Waals surface area contributed by atoms with Crippen LogP contribution in [-0.2, 0) is 4.79 Å². The fourth-order valence-electron chi connectivity index (χ4n) is 3.44. The molecule has 0 saturated heterocycles. The molecule has 7 heteroatoms. The zero-order valence-corrected chi connectivity index (χ0v) is 16.7. The molecule has 2 aromatic carbocycles. The Bertz CT molecular complexity index is 1240. The first kappa shape index (κ1) is 19.4. The molecule has 4 rings (SSSR count). The molecular formula is C23H19FN2O4. The highest BCUT2D eigenvalue weighted by Gasteiger charge is 2.19. The summed E-state index contributed by atoms with van der Waals surface area (Å²) in [5, 5.41) is 7.15. The summed E-state index contributed by atoms with van der Waals surface area (Å²) in [6.45, 7) is 3.72. The number of carbonyl (C=O) groups excluding carboxylic acids is 1. The van der Waals surface area contributed by atoms with Crippen molar-refractivity contribution in [2.45, 2.75) is 13.8 Å². The standard InChI is InChI=1S/C23H19FN2O4/c1-13(10-21(27)25-20-8-9-30-26-20)17-11-18-19(15-4-6-16(24)7-5-15)12-29-23(18)14(2)22(17)28-3/h4-12H,1-3H3,(H,25,26,27)/b13-10+. The molecule has 1 amide bonds. The minimum absolute atomic E-state index is 0.304. The zero-order chi connectivity index (χ0) is 21.3. The first-order chi connectivity index (χ1) is 14.5. The highest BCUT2D eigenvalue weighted by atomic mass is 19.1. The van der Waals surface area contributed by atoms with Crippen LogP contribution in [0.4, 0.5) is 10.2 Å². The third-order valence-corrected chi connectivity index (χ3v) is 4.86. The number of halogens is 1. The van der Waals surface area contributed by atoms with Crippen molar-refractivity contribution in [2.75, 3.05) is 12.4 Å². The van der Waals surface area contributed by atoms with Crippen molar-refractivity contribution in [3.63, 3.8) is 0 Å². The van der Waals surface area contributed by atoms with Crippen molar-refractivity contribution in [3.8, 4) is 16.9 Å². The van der Waals surface area contributed by atoms with E-state index in [0.717, 1.165) is 27.6 Å². The average molecular weight is 406 g/mol. The van der Waals surface area contributed by atoms with E-state index in [1.54, 1.807) is 31.6 Å². The Morgan fingerprint density at radius 1 is 1.23 bits per heavy atom. The molecule has 0 fully saturated rings. The molecule has 1 N–H and O–H groups in total. The number of aryl methyl sites for hydroxylation is 1. The summed E-state index contributed by atoms with van der Waals surface area (Å²) in [5.74, 6) is 0.302. The second kappa shape index (κ2) is 7.87. The number of rotatable bonds is 5. The Morgan fingerprint density at radius 3 is 2.67 bits per heavy atom. The van der Waals surface area contributed by atoms with Gasteiger partial charge in [0.25, 0.3) is 0 Å². The highest BCUT2D eigenvalue weighted by Crippen LogP contribution is 2.40. The predicted octanol–water partition coefficient (Wildman–Crippen LogP) is 5.59. The largest absolute Gasteiger partial charge is 0.496 e. The zero-order valence-electron chi connectivity index (χ0n) is 16.7. The van der Waals surface area contributed by atoms with Gasteiger partial charge in [0, 0.05) is 34.2 Å². The number of ether oxygens (including phenoxy) is 1.